The van der Waals surface area contributed by atoms with Crippen LogP contribution in [0.2, 0.25) is 0 Å². The fourth-order valence-electron chi connectivity index (χ4n) is 1.96. The molecule has 0 bridgehead atoms. The van der Waals surface area contributed by atoms with Crippen molar-refractivity contribution >= 4 is 5.91 Å². The molecule has 1 aliphatic rings. The molecule has 0 spiro atoms. The van der Waals surface area contributed by atoms with Crippen LogP contribution >= 0.6 is 0 Å². The molecule has 1 aromatic carbocycles. The molecule has 0 aliphatic heterocycles. The summed E-state index contributed by atoms with van der Waals surface area (Å²) in [6, 6.07) is 4.14. The van der Waals surface area contributed by atoms with Crippen molar-refractivity contribution < 1.29 is 9.18 Å². The van der Waals surface area contributed by atoms with E-state index in [-0.39, 0.29) is 24.1 Å². The van der Waals surface area contributed by atoms with E-state index in [2.05, 4.69) is 17.2 Å². The molecule has 3 N–H and O–H groups in total. The second-order valence-corrected chi connectivity index (χ2v) is 4.80. The lowest BCUT2D eigenvalue weighted by atomic mass is 10.1. The Morgan fingerprint density at radius 1 is 1.58 bits per heavy atom. The molecule has 1 atom stereocenters. The molecule has 100 valence electrons. The topological polar surface area (TPSA) is 55.1 Å². The molecule has 19 heavy (non-hydrogen) atoms. The Kier molecular flexibility index (Phi) is 4.18. The van der Waals surface area contributed by atoms with Crippen LogP contribution in [0.15, 0.2) is 18.2 Å². The van der Waals surface area contributed by atoms with Crippen molar-refractivity contribution in [3.63, 3.8) is 0 Å². The van der Waals surface area contributed by atoms with Gasteiger partial charge in [-0.15, -0.1) is 0 Å². The summed E-state index contributed by atoms with van der Waals surface area (Å²) in [7, 11) is 0. The predicted molar refractivity (Wildman–Crippen MR) is 72.0 cm³/mol. The van der Waals surface area contributed by atoms with E-state index in [0.717, 1.165) is 12.8 Å². The maximum atomic E-state index is 13.3. The summed E-state index contributed by atoms with van der Waals surface area (Å²) in [6.45, 7) is 2.18. The first kappa shape index (κ1) is 13.6. The van der Waals surface area contributed by atoms with Crippen molar-refractivity contribution in [2.75, 3.05) is 6.54 Å². The van der Waals surface area contributed by atoms with Crippen LogP contribution < -0.4 is 11.1 Å². The van der Waals surface area contributed by atoms with Gasteiger partial charge in [0.15, 0.2) is 0 Å². The van der Waals surface area contributed by atoms with Crippen molar-refractivity contribution in [2.45, 2.75) is 25.8 Å². The van der Waals surface area contributed by atoms with Gasteiger partial charge in [-0.2, -0.15) is 0 Å². The predicted octanol–water partition coefficient (Wildman–Crippen LogP) is 1.66. The standard InChI is InChI=1S/C15H17FN2O/c1-10(11-4-5-11)18-15(19)14-9-13(16)7-6-12(14)3-2-8-17/h6-7,9-11H,4-5,8,17H2,1H3,(H,18,19). The van der Waals surface area contributed by atoms with Gasteiger partial charge in [0.2, 0.25) is 0 Å². The molecule has 0 radical (unpaired) electrons. The molecule has 1 unspecified atom stereocenters. The van der Waals surface area contributed by atoms with Crippen molar-refractivity contribution in [3.05, 3.63) is 35.1 Å². The Labute approximate surface area is 112 Å². The number of amides is 1. The fraction of sp³-hybridized carbons (Fsp3) is 0.400. The summed E-state index contributed by atoms with van der Waals surface area (Å²) in [5, 5.41) is 2.90. The van der Waals surface area contributed by atoms with E-state index in [1.807, 2.05) is 6.92 Å². The zero-order chi connectivity index (χ0) is 13.8. The number of nitrogens with two attached hydrogens (primary N) is 1. The number of carbonyl (C=O) groups excluding carboxylic acids is 1. The fourth-order valence-corrected chi connectivity index (χ4v) is 1.96. The van der Waals surface area contributed by atoms with Crippen LogP contribution in [0.25, 0.3) is 0 Å². The van der Waals surface area contributed by atoms with Gasteiger partial charge in [0.05, 0.1) is 12.1 Å². The number of benzene rings is 1. The lowest BCUT2D eigenvalue weighted by Gasteiger charge is -2.13. The molecule has 0 aromatic heterocycles. The summed E-state index contributed by atoms with van der Waals surface area (Å²) in [5.41, 5.74) is 6.09. The lowest BCUT2D eigenvalue weighted by Crippen LogP contribution is -2.34. The van der Waals surface area contributed by atoms with Gasteiger partial charge in [0.25, 0.3) is 5.91 Å². The van der Waals surface area contributed by atoms with Crippen LogP contribution in [0.4, 0.5) is 4.39 Å². The van der Waals surface area contributed by atoms with Crippen molar-refractivity contribution in [1.82, 2.24) is 5.32 Å². The first-order valence-corrected chi connectivity index (χ1v) is 6.41. The Balaban J connectivity index is 2.20. The van der Waals surface area contributed by atoms with E-state index in [1.165, 1.54) is 18.2 Å². The summed E-state index contributed by atoms with van der Waals surface area (Å²) < 4.78 is 13.3. The number of hydrogen-bond donors (Lipinski definition) is 2. The molecular weight excluding hydrogens is 243 g/mol. The third kappa shape index (κ3) is 3.55. The highest BCUT2D eigenvalue weighted by Crippen LogP contribution is 2.32. The summed E-state index contributed by atoms with van der Waals surface area (Å²) in [4.78, 5) is 12.1. The first-order chi connectivity index (χ1) is 9.11. The number of nitrogens with one attached hydrogen (secondary N) is 1. The second-order valence-electron chi connectivity index (χ2n) is 4.80. The Bertz CT molecular complexity index is 541. The van der Waals surface area contributed by atoms with Crippen LogP contribution in [-0.4, -0.2) is 18.5 Å². The van der Waals surface area contributed by atoms with E-state index in [9.17, 15) is 9.18 Å². The van der Waals surface area contributed by atoms with Gasteiger partial charge in [0, 0.05) is 11.6 Å². The van der Waals surface area contributed by atoms with Gasteiger partial charge in [-0.3, -0.25) is 4.79 Å². The van der Waals surface area contributed by atoms with Crippen molar-refractivity contribution in [2.24, 2.45) is 11.7 Å². The number of rotatable bonds is 3. The average Bonchev–Trinajstić information content (AvgIpc) is 3.21. The van der Waals surface area contributed by atoms with Gasteiger partial charge in [-0.1, -0.05) is 11.8 Å². The minimum Gasteiger partial charge on any atom is -0.349 e. The number of hydrogen-bond acceptors (Lipinski definition) is 2. The molecular formula is C15H17FN2O. The first-order valence-electron chi connectivity index (χ1n) is 6.41. The highest BCUT2D eigenvalue weighted by molar-refractivity contribution is 5.97. The molecule has 3 nitrogen and oxygen atoms in total. The Hall–Kier alpha value is -1.86. The highest BCUT2D eigenvalue weighted by atomic mass is 19.1. The normalized spacial score (nSPS) is 15.3. The SMILES string of the molecule is CC(NC(=O)c1cc(F)ccc1C#CCN)C1CC1. The molecule has 1 fully saturated rings. The van der Waals surface area contributed by atoms with E-state index >= 15 is 0 Å². The van der Waals surface area contributed by atoms with Crippen LogP contribution in [0.3, 0.4) is 0 Å². The monoisotopic (exact) mass is 260 g/mol. The van der Waals surface area contributed by atoms with Gasteiger partial charge >= 0.3 is 0 Å². The number of carbonyl (C=O) groups is 1. The molecule has 0 heterocycles. The lowest BCUT2D eigenvalue weighted by molar-refractivity contribution is 0.0935. The Morgan fingerprint density at radius 2 is 2.32 bits per heavy atom. The number of halogens is 1. The molecule has 4 heteroatoms. The molecule has 2 rings (SSSR count). The molecule has 1 aliphatic carbocycles. The third-order valence-electron chi connectivity index (χ3n) is 3.24. The van der Waals surface area contributed by atoms with Crippen molar-refractivity contribution in [3.8, 4) is 11.8 Å². The van der Waals surface area contributed by atoms with Gasteiger partial charge in [-0.25, -0.2) is 4.39 Å². The quantitative estimate of drug-likeness (QED) is 0.812. The van der Waals surface area contributed by atoms with Gasteiger partial charge in [-0.05, 0) is 43.9 Å². The van der Waals surface area contributed by atoms with E-state index in [0.29, 0.717) is 11.5 Å². The summed E-state index contributed by atoms with van der Waals surface area (Å²) >= 11 is 0. The highest BCUT2D eigenvalue weighted by Gasteiger charge is 2.29. The van der Waals surface area contributed by atoms with Crippen LogP contribution in [0.1, 0.15) is 35.7 Å². The van der Waals surface area contributed by atoms with E-state index in [1.54, 1.807) is 0 Å². The van der Waals surface area contributed by atoms with Crippen LogP contribution in [-0.2, 0) is 0 Å². The molecule has 0 saturated heterocycles. The molecule has 1 amide bonds. The molecule has 1 aromatic rings. The zero-order valence-electron chi connectivity index (χ0n) is 10.9. The minimum atomic E-state index is -0.442. The van der Waals surface area contributed by atoms with Crippen molar-refractivity contribution in [1.29, 1.82) is 0 Å². The Morgan fingerprint density at radius 3 is 2.95 bits per heavy atom. The maximum absolute atomic E-state index is 13.3. The minimum absolute atomic E-state index is 0.117. The largest absolute Gasteiger partial charge is 0.349 e. The maximum Gasteiger partial charge on any atom is 0.252 e. The second kappa shape index (κ2) is 5.85. The van der Waals surface area contributed by atoms with Crippen LogP contribution in [0.5, 0.6) is 0 Å². The summed E-state index contributed by atoms with van der Waals surface area (Å²) in [6.07, 6.45) is 2.29. The zero-order valence-corrected chi connectivity index (χ0v) is 10.9. The van der Waals surface area contributed by atoms with Gasteiger partial charge in [0.1, 0.15) is 5.82 Å². The van der Waals surface area contributed by atoms with E-state index in [4.69, 9.17) is 5.73 Å². The van der Waals surface area contributed by atoms with Crippen LogP contribution in [0, 0.1) is 23.6 Å². The smallest absolute Gasteiger partial charge is 0.252 e. The average molecular weight is 260 g/mol. The molecule has 1 saturated carbocycles. The van der Waals surface area contributed by atoms with E-state index < -0.39 is 5.82 Å². The summed E-state index contributed by atoms with van der Waals surface area (Å²) in [5.74, 6) is 5.31. The van der Waals surface area contributed by atoms with Gasteiger partial charge < -0.3 is 11.1 Å². The third-order valence-corrected chi connectivity index (χ3v) is 3.24.